The Hall–Kier alpha value is -1.62. The molecule has 1 fully saturated rings. The predicted molar refractivity (Wildman–Crippen MR) is 64.5 cm³/mol. The third kappa shape index (κ3) is 2.98. The van der Waals surface area contributed by atoms with Gasteiger partial charge >= 0.3 is 0 Å². The molecule has 0 bridgehead atoms. The molecule has 96 valence electrons. The van der Waals surface area contributed by atoms with Crippen LogP contribution < -0.4 is 5.32 Å². The molecule has 18 heavy (non-hydrogen) atoms. The molecular weight excluding hydrogens is 259 g/mol. The van der Waals surface area contributed by atoms with Crippen molar-refractivity contribution in [2.75, 3.05) is 13.1 Å². The van der Waals surface area contributed by atoms with Gasteiger partial charge in [-0.05, 0) is 18.2 Å². The van der Waals surface area contributed by atoms with Crippen molar-refractivity contribution >= 4 is 23.4 Å². The van der Waals surface area contributed by atoms with Crippen LogP contribution in [0.4, 0.5) is 4.39 Å². The molecule has 1 aromatic rings. The minimum atomic E-state index is -0.407. The molecule has 0 saturated carbocycles. The molecule has 2 rings (SSSR count). The highest BCUT2D eigenvalue weighted by molar-refractivity contribution is 6.30. The molecular formula is C12H12ClFN2O2. The Labute approximate surface area is 109 Å². The number of hydrogen-bond donors (Lipinski definition) is 1. The topological polar surface area (TPSA) is 49.4 Å². The van der Waals surface area contributed by atoms with Gasteiger partial charge in [0.15, 0.2) is 0 Å². The molecule has 1 saturated heterocycles. The van der Waals surface area contributed by atoms with Crippen LogP contribution in [-0.4, -0.2) is 29.8 Å². The Balaban J connectivity index is 2.14. The molecule has 0 aromatic heterocycles. The van der Waals surface area contributed by atoms with Gasteiger partial charge in [-0.3, -0.25) is 9.59 Å². The van der Waals surface area contributed by atoms with Gasteiger partial charge in [-0.1, -0.05) is 11.6 Å². The van der Waals surface area contributed by atoms with Gasteiger partial charge in [0.25, 0.3) is 0 Å². The van der Waals surface area contributed by atoms with Crippen LogP contribution in [0, 0.1) is 5.82 Å². The number of carbonyl (C=O) groups is 2. The van der Waals surface area contributed by atoms with Crippen molar-refractivity contribution in [3.63, 3.8) is 0 Å². The molecule has 1 aliphatic heterocycles. The lowest BCUT2D eigenvalue weighted by Gasteiger charge is -2.20. The summed E-state index contributed by atoms with van der Waals surface area (Å²) in [5.74, 6) is -0.798. The van der Waals surface area contributed by atoms with Crippen LogP contribution in [0.25, 0.3) is 0 Å². The van der Waals surface area contributed by atoms with Crippen LogP contribution in [-0.2, 0) is 16.1 Å². The average molecular weight is 271 g/mol. The minimum absolute atomic E-state index is 0.0407. The van der Waals surface area contributed by atoms with Crippen molar-refractivity contribution in [3.05, 3.63) is 34.6 Å². The maximum Gasteiger partial charge on any atom is 0.242 e. The normalized spacial score (nSPS) is 16.4. The van der Waals surface area contributed by atoms with E-state index in [0.29, 0.717) is 10.6 Å². The number of halogens is 2. The van der Waals surface area contributed by atoms with Crippen molar-refractivity contribution in [1.82, 2.24) is 10.2 Å². The summed E-state index contributed by atoms with van der Waals surface area (Å²) in [6, 6.07) is 4.21. The number of hydrogen-bond acceptors (Lipinski definition) is 2. The summed E-state index contributed by atoms with van der Waals surface area (Å²) in [5, 5.41) is 2.91. The van der Waals surface area contributed by atoms with Gasteiger partial charge in [-0.25, -0.2) is 4.39 Å². The van der Waals surface area contributed by atoms with Crippen molar-refractivity contribution in [3.8, 4) is 0 Å². The van der Waals surface area contributed by atoms with Gasteiger partial charge in [-0.15, -0.1) is 0 Å². The standard InChI is InChI=1S/C12H12ClFN2O2/c13-9-1-2-10(14)8(5-9)7-16-4-3-11(17)15-6-12(16)18/h1-2,5H,3-4,6-7H2,(H,15,17). The first-order chi connectivity index (χ1) is 8.56. The molecule has 0 aliphatic carbocycles. The summed E-state index contributed by atoms with van der Waals surface area (Å²) in [5.41, 5.74) is 0.352. The summed E-state index contributed by atoms with van der Waals surface area (Å²) in [4.78, 5) is 24.3. The summed E-state index contributed by atoms with van der Waals surface area (Å²) < 4.78 is 13.6. The van der Waals surface area contributed by atoms with Gasteiger partial charge in [0.1, 0.15) is 5.82 Å². The highest BCUT2D eigenvalue weighted by Gasteiger charge is 2.21. The average Bonchev–Trinajstić information content (AvgIpc) is 2.49. The van der Waals surface area contributed by atoms with Gasteiger partial charge < -0.3 is 10.2 Å². The Kier molecular flexibility index (Phi) is 3.81. The van der Waals surface area contributed by atoms with Crippen LogP contribution in [0.1, 0.15) is 12.0 Å². The summed E-state index contributed by atoms with van der Waals surface area (Å²) >= 11 is 5.79. The highest BCUT2D eigenvalue weighted by atomic mass is 35.5. The largest absolute Gasteiger partial charge is 0.347 e. The Morgan fingerprint density at radius 1 is 1.39 bits per heavy atom. The van der Waals surface area contributed by atoms with E-state index in [1.165, 1.54) is 23.1 Å². The van der Waals surface area contributed by atoms with Crippen LogP contribution in [0.2, 0.25) is 5.02 Å². The zero-order valence-electron chi connectivity index (χ0n) is 9.58. The van der Waals surface area contributed by atoms with E-state index in [0.717, 1.165) is 0 Å². The molecule has 0 unspecified atom stereocenters. The number of carbonyl (C=O) groups excluding carboxylic acids is 2. The number of rotatable bonds is 2. The third-order valence-electron chi connectivity index (χ3n) is 2.77. The first-order valence-electron chi connectivity index (χ1n) is 5.54. The van der Waals surface area contributed by atoms with Gasteiger partial charge in [0.2, 0.25) is 11.8 Å². The van der Waals surface area contributed by atoms with E-state index >= 15 is 0 Å². The van der Waals surface area contributed by atoms with E-state index in [1.807, 2.05) is 0 Å². The lowest BCUT2D eigenvalue weighted by atomic mass is 10.2. The number of nitrogens with one attached hydrogen (secondary N) is 1. The first-order valence-corrected chi connectivity index (χ1v) is 5.92. The van der Waals surface area contributed by atoms with Crippen LogP contribution in [0.3, 0.4) is 0 Å². The van der Waals surface area contributed by atoms with Gasteiger partial charge in [0, 0.05) is 30.1 Å². The first kappa shape index (κ1) is 12.8. The number of benzene rings is 1. The molecule has 4 nitrogen and oxygen atoms in total. The molecule has 1 aliphatic rings. The molecule has 1 N–H and O–H groups in total. The fourth-order valence-corrected chi connectivity index (χ4v) is 1.97. The Morgan fingerprint density at radius 3 is 2.94 bits per heavy atom. The van der Waals surface area contributed by atoms with Crippen molar-refractivity contribution < 1.29 is 14.0 Å². The van der Waals surface area contributed by atoms with Crippen LogP contribution in [0.15, 0.2) is 18.2 Å². The van der Waals surface area contributed by atoms with Crippen molar-refractivity contribution in [2.45, 2.75) is 13.0 Å². The van der Waals surface area contributed by atoms with E-state index in [4.69, 9.17) is 11.6 Å². The maximum atomic E-state index is 13.6. The SMILES string of the molecule is O=C1CCN(Cc2cc(Cl)ccc2F)C(=O)CN1. The molecule has 2 amide bonds. The predicted octanol–water partition coefficient (Wildman–Crippen LogP) is 1.33. The van der Waals surface area contributed by atoms with E-state index in [-0.39, 0.29) is 37.9 Å². The second kappa shape index (κ2) is 5.35. The minimum Gasteiger partial charge on any atom is -0.347 e. The maximum absolute atomic E-state index is 13.6. The molecule has 0 atom stereocenters. The molecule has 0 spiro atoms. The quantitative estimate of drug-likeness (QED) is 0.881. The lowest BCUT2D eigenvalue weighted by molar-refractivity contribution is -0.130. The lowest BCUT2D eigenvalue weighted by Crippen LogP contribution is -2.34. The second-order valence-corrected chi connectivity index (χ2v) is 4.51. The zero-order chi connectivity index (χ0) is 13.1. The van der Waals surface area contributed by atoms with E-state index in [9.17, 15) is 14.0 Å². The Bertz CT molecular complexity index is 493. The number of nitrogens with zero attached hydrogens (tertiary/aromatic N) is 1. The van der Waals surface area contributed by atoms with Crippen molar-refractivity contribution in [1.29, 1.82) is 0 Å². The van der Waals surface area contributed by atoms with E-state index in [1.54, 1.807) is 0 Å². The van der Waals surface area contributed by atoms with E-state index in [2.05, 4.69) is 5.32 Å². The van der Waals surface area contributed by atoms with Gasteiger partial charge in [-0.2, -0.15) is 0 Å². The van der Waals surface area contributed by atoms with Crippen LogP contribution >= 0.6 is 11.6 Å². The smallest absolute Gasteiger partial charge is 0.242 e. The highest BCUT2D eigenvalue weighted by Crippen LogP contribution is 2.17. The Morgan fingerprint density at radius 2 is 2.17 bits per heavy atom. The summed E-state index contributed by atoms with van der Waals surface area (Å²) in [6.45, 7) is 0.373. The summed E-state index contributed by atoms with van der Waals surface area (Å²) in [6.07, 6.45) is 0.230. The van der Waals surface area contributed by atoms with E-state index < -0.39 is 5.82 Å². The fourth-order valence-electron chi connectivity index (χ4n) is 1.77. The molecule has 1 heterocycles. The van der Waals surface area contributed by atoms with Gasteiger partial charge in [0.05, 0.1) is 6.54 Å². The molecule has 0 radical (unpaired) electrons. The third-order valence-corrected chi connectivity index (χ3v) is 3.00. The number of amides is 2. The van der Waals surface area contributed by atoms with Crippen molar-refractivity contribution in [2.24, 2.45) is 0 Å². The van der Waals surface area contributed by atoms with Crippen LogP contribution in [0.5, 0.6) is 0 Å². The molecule has 6 heteroatoms. The fraction of sp³-hybridized carbons (Fsp3) is 0.333. The summed E-state index contributed by atoms with van der Waals surface area (Å²) in [7, 11) is 0. The molecule has 1 aromatic carbocycles. The monoisotopic (exact) mass is 270 g/mol. The second-order valence-electron chi connectivity index (χ2n) is 4.08. The zero-order valence-corrected chi connectivity index (χ0v) is 10.3.